The van der Waals surface area contributed by atoms with Crippen molar-refractivity contribution in [2.45, 2.75) is 52.6 Å². The molecule has 0 spiro atoms. The topological polar surface area (TPSA) is 87.8 Å². The summed E-state index contributed by atoms with van der Waals surface area (Å²) in [4.78, 5) is 11.7. The summed E-state index contributed by atoms with van der Waals surface area (Å²) in [5.74, 6) is 2.13. The number of rotatable bonds is 9. The quantitative estimate of drug-likeness (QED) is 0.469. The lowest BCUT2D eigenvalue weighted by Gasteiger charge is -2.41. The van der Waals surface area contributed by atoms with E-state index in [2.05, 4.69) is 65.5 Å². The Morgan fingerprint density at radius 3 is 2.74 bits per heavy atom. The number of nitrogens with one attached hydrogen (secondary N) is 2. The molecule has 0 radical (unpaired) electrons. The first-order valence-electron chi connectivity index (χ1n) is 11.3. The lowest BCUT2D eigenvalue weighted by molar-refractivity contribution is -0.00834. The third-order valence-corrected chi connectivity index (χ3v) is 5.44. The van der Waals surface area contributed by atoms with Gasteiger partial charge in [-0.3, -0.25) is 4.90 Å². The number of guanidine groups is 1. The van der Waals surface area contributed by atoms with Gasteiger partial charge in [-0.05, 0) is 44.9 Å². The molecule has 1 aliphatic heterocycles. The number of aromatic nitrogens is 2. The summed E-state index contributed by atoms with van der Waals surface area (Å²) in [6.45, 7) is 14.4. The second kappa shape index (κ2) is 11.2. The molecule has 0 amide bonds. The largest absolute Gasteiger partial charge is 0.379 e. The van der Waals surface area contributed by atoms with Crippen molar-refractivity contribution in [1.29, 1.82) is 0 Å². The molecule has 2 N–H and O–H groups in total. The normalized spacial score (nSPS) is 15.8. The Balaban J connectivity index is 1.63. The third-order valence-electron chi connectivity index (χ3n) is 5.44. The molecule has 0 aliphatic carbocycles. The van der Waals surface area contributed by atoms with Gasteiger partial charge in [-0.15, -0.1) is 0 Å². The molecule has 8 nitrogen and oxygen atoms in total. The highest BCUT2D eigenvalue weighted by molar-refractivity contribution is 5.79. The molecule has 1 aliphatic rings. The van der Waals surface area contributed by atoms with Crippen molar-refractivity contribution >= 4 is 5.96 Å². The van der Waals surface area contributed by atoms with E-state index < -0.39 is 0 Å². The van der Waals surface area contributed by atoms with Crippen LogP contribution >= 0.6 is 0 Å². The zero-order valence-electron chi connectivity index (χ0n) is 19.3. The fourth-order valence-electron chi connectivity index (χ4n) is 3.59. The number of morpholine rings is 1. The van der Waals surface area contributed by atoms with Crippen molar-refractivity contribution in [3.63, 3.8) is 0 Å². The van der Waals surface area contributed by atoms with Crippen LogP contribution in [0.2, 0.25) is 0 Å². The van der Waals surface area contributed by atoms with Gasteiger partial charge in [-0.1, -0.05) is 24.2 Å². The van der Waals surface area contributed by atoms with Gasteiger partial charge in [0, 0.05) is 43.7 Å². The van der Waals surface area contributed by atoms with Crippen molar-refractivity contribution in [2.75, 3.05) is 39.4 Å². The fraction of sp³-hybridized carbons (Fsp3) is 0.609. The van der Waals surface area contributed by atoms with Crippen LogP contribution in [0.25, 0.3) is 11.5 Å². The third kappa shape index (κ3) is 6.77. The smallest absolute Gasteiger partial charge is 0.257 e. The maximum atomic E-state index is 5.49. The number of ether oxygens (including phenoxy) is 1. The van der Waals surface area contributed by atoms with Gasteiger partial charge >= 0.3 is 0 Å². The number of aliphatic imine (C=N–C) groups is 1. The first-order valence-corrected chi connectivity index (χ1v) is 11.3. The molecule has 8 heteroatoms. The lowest BCUT2D eigenvalue weighted by Crippen LogP contribution is -2.56. The van der Waals surface area contributed by atoms with Crippen molar-refractivity contribution in [1.82, 2.24) is 25.7 Å². The van der Waals surface area contributed by atoms with Crippen molar-refractivity contribution in [3.8, 4) is 11.5 Å². The standard InChI is InChI=1S/C23H36N6O2/c1-5-8-20-27-21(31-28-20)19-10-7-9-18(15-19)16-25-22(24-6-2)26-17-23(3,4)29-11-13-30-14-12-29/h7,9-10,15H,5-6,8,11-14,16-17H2,1-4H3,(H2,24,25,26). The van der Waals surface area contributed by atoms with Crippen LogP contribution in [0.5, 0.6) is 0 Å². The van der Waals surface area contributed by atoms with Gasteiger partial charge in [-0.25, -0.2) is 4.99 Å². The minimum Gasteiger partial charge on any atom is -0.379 e. The summed E-state index contributed by atoms with van der Waals surface area (Å²) < 4.78 is 10.9. The van der Waals surface area contributed by atoms with E-state index >= 15 is 0 Å². The second-order valence-electron chi connectivity index (χ2n) is 8.43. The Morgan fingerprint density at radius 2 is 2.00 bits per heavy atom. The Morgan fingerprint density at radius 1 is 1.19 bits per heavy atom. The van der Waals surface area contributed by atoms with Crippen LogP contribution in [0.4, 0.5) is 0 Å². The lowest BCUT2D eigenvalue weighted by atomic mass is 10.0. The predicted octanol–water partition coefficient (Wildman–Crippen LogP) is 2.86. The highest BCUT2D eigenvalue weighted by Gasteiger charge is 2.28. The van der Waals surface area contributed by atoms with Gasteiger partial charge in [0.1, 0.15) is 0 Å². The van der Waals surface area contributed by atoms with E-state index in [-0.39, 0.29) is 5.54 Å². The Kier molecular flexibility index (Phi) is 8.43. The van der Waals surface area contributed by atoms with Gasteiger partial charge < -0.3 is 19.9 Å². The van der Waals surface area contributed by atoms with Gasteiger partial charge in [-0.2, -0.15) is 4.98 Å². The maximum absolute atomic E-state index is 5.49. The number of nitrogens with zero attached hydrogens (tertiary/aromatic N) is 4. The van der Waals surface area contributed by atoms with Crippen LogP contribution < -0.4 is 10.6 Å². The molecule has 1 aromatic heterocycles. The van der Waals surface area contributed by atoms with E-state index in [1.165, 1.54) is 0 Å². The summed E-state index contributed by atoms with van der Waals surface area (Å²) in [5.41, 5.74) is 2.04. The van der Waals surface area contributed by atoms with Crippen molar-refractivity contribution < 1.29 is 9.26 Å². The Labute approximate surface area is 185 Å². The monoisotopic (exact) mass is 428 g/mol. The van der Waals surface area contributed by atoms with E-state index in [1.807, 2.05) is 12.1 Å². The minimum atomic E-state index is 0.0219. The summed E-state index contributed by atoms with van der Waals surface area (Å²) in [5, 5.41) is 10.9. The molecule has 0 atom stereocenters. The van der Waals surface area contributed by atoms with Crippen LogP contribution in [0.15, 0.2) is 33.8 Å². The van der Waals surface area contributed by atoms with Gasteiger partial charge in [0.25, 0.3) is 5.89 Å². The summed E-state index contributed by atoms with van der Waals surface area (Å²) in [6.07, 6.45) is 1.82. The van der Waals surface area contributed by atoms with E-state index in [4.69, 9.17) is 14.3 Å². The van der Waals surface area contributed by atoms with Crippen molar-refractivity contribution in [2.24, 2.45) is 4.99 Å². The number of benzene rings is 1. The summed E-state index contributed by atoms with van der Waals surface area (Å²) in [6, 6.07) is 8.13. The molecule has 3 rings (SSSR count). The molecule has 2 heterocycles. The van der Waals surface area contributed by atoms with Crippen LogP contribution in [-0.4, -0.2) is 65.9 Å². The van der Waals surface area contributed by atoms with E-state index in [0.717, 1.165) is 75.1 Å². The fourth-order valence-corrected chi connectivity index (χ4v) is 3.59. The minimum absolute atomic E-state index is 0.0219. The molecule has 0 bridgehead atoms. The highest BCUT2D eigenvalue weighted by Crippen LogP contribution is 2.19. The molecule has 1 saturated heterocycles. The van der Waals surface area contributed by atoms with E-state index in [0.29, 0.717) is 12.4 Å². The molecule has 1 aromatic carbocycles. The van der Waals surface area contributed by atoms with E-state index in [1.54, 1.807) is 0 Å². The predicted molar refractivity (Wildman–Crippen MR) is 123 cm³/mol. The summed E-state index contributed by atoms with van der Waals surface area (Å²) in [7, 11) is 0. The molecule has 31 heavy (non-hydrogen) atoms. The average molecular weight is 429 g/mol. The maximum Gasteiger partial charge on any atom is 0.257 e. The molecular formula is C23H36N6O2. The SMILES string of the molecule is CCCc1noc(-c2cccc(CN=C(NCC)NCC(C)(C)N3CCOCC3)c2)n1. The first kappa shape index (κ1) is 23.2. The Hall–Kier alpha value is -2.45. The zero-order valence-corrected chi connectivity index (χ0v) is 19.3. The van der Waals surface area contributed by atoms with Gasteiger partial charge in [0.05, 0.1) is 19.8 Å². The van der Waals surface area contributed by atoms with Crippen molar-refractivity contribution in [3.05, 3.63) is 35.7 Å². The molecule has 1 fully saturated rings. The van der Waals surface area contributed by atoms with Crippen LogP contribution in [0.3, 0.4) is 0 Å². The molecule has 170 valence electrons. The van der Waals surface area contributed by atoms with Gasteiger partial charge in [0.15, 0.2) is 11.8 Å². The highest BCUT2D eigenvalue weighted by atomic mass is 16.5. The first-order chi connectivity index (χ1) is 15.0. The average Bonchev–Trinajstić information content (AvgIpc) is 3.25. The number of hydrogen-bond acceptors (Lipinski definition) is 6. The van der Waals surface area contributed by atoms with Crippen LogP contribution in [-0.2, 0) is 17.7 Å². The second-order valence-corrected chi connectivity index (χ2v) is 8.43. The van der Waals surface area contributed by atoms with Crippen LogP contribution in [0, 0.1) is 0 Å². The molecule has 0 saturated carbocycles. The number of hydrogen-bond donors (Lipinski definition) is 2. The number of aryl methyl sites for hydroxylation is 1. The molecular weight excluding hydrogens is 392 g/mol. The van der Waals surface area contributed by atoms with E-state index in [9.17, 15) is 0 Å². The van der Waals surface area contributed by atoms with Gasteiger partial charge in [0.2, 0.25) is 0 Å². The molecule has 0 unspecified atom stereocenters. The Bertz CT molecular complexity index is 842. The zero-order chi connectivity index (χ0) is 22.1. The van der Waals surface area contributed by atoms with Crippen LogP contribution in [0.1, 0.15) is 45.5 Å². The summed E-state index contributed by atoms with van der Waals surface area (Å²) >= 11 is 0. The molecule has 2 aromatic rings.